The van der Waals surface area contributed by atoms with E-state index in [1.54, 1.807) is 12.3 Å². The van der Waals surface area contributed by atoms with E-state index in [0.717, 1.165) is 19.3 Å². The number of hydrogen-bond donors (Lipinski definition) is 3. The second kappa shape index (κ2) is 8.40. The summed E-state index contributed by atoms with van der Waals surface area (Å²) in [4.78, 5) is 12.9. The van der Waals surface area contributed by atoms with Crippen molar-refractivity contribution in [3.63, 3.8) is 0 Å². The summed E-state index contributed by atoms with van der Waals surface area (Å²) in [5.74, 6) is -2.40. The van der Waals surface area contributed by atoms with Gasteiger partial charge in [0.2, 0.25) is 10.0 Å². The Morgan fingerprint density at radius 3 is 2.46 bits per heavy atom. The molecule has 136 valence electrons. The largest absolute Gasteiger partial charge is 0.490 e. The van der Waals surface area contributed by atoms with Crippen molar-refractivity contribution in [3.8, 4) is 0 Å². The lowest BCUT2D eigenvalue weighted by molar-refractivity contribution is -0.192. The summed E-state index contributed by atoms with van der Waals surface area (Å²) in [6, 6.07) is 3.37. The molecule has 1 aliphatic carbocycles. The maximum atomic E-state index is 11.9. The molecule has 1 aliphatic rings. The number of sulfonamides is 1. The minimum Gasteiger partial charge on any atom is -0.475 e. The smallest absolute Gasteiger partial charge is 0.475 e. The van der Waals surface area contributed by atoms with Gasteiger partial charge >= 0.3 is 12.1 Å². The number of halogens is 3. The minimum absolute atomic E-state index is 0.210. The van der Waals surface area contributed by atoms with Crippen LogP contribution in [-0.4, -0.2) is 43.2 Å². The van der Waals surface area contributed by atoms with Crippen molar-refractivity contribution in [3.05, 3.63) is 24.5 Å². The molecular weight excluding hydrogens is 351 g/mol. The van der Waals surface area contributed by atoms with Gasteiger partial charge in [0.25, 0.3) is 0 Å². The summed E-state index contributed by atoms with van der Waals surface area (Å²) in [6.07, 6.45) is 0.698. The number of carboxylic acid groups (broad SMARTS) is 1. The molecule has 1 saturated carbocycles. The van der Waals surface area contributed by atoms with Gasteiger partial charge in [-0.3, -0.25) is 4.98 Å². The Labute approximate surface area is 137 Å². The Morgan fingerprint density at radius 2 is 2.04 bits per heavy atom. The summed E-state index contributed by atoms with van der Waals surface area (Å²) in [5, 5.41) is 7.12. The summed E-state index contributed by atoms with van der Waals surface area (Å²) < 4.78 is 58.1. The number of nitrogens with one attached hydrogen (secondary N) is 1. The molecule has 1 aromatic heterocycles. The van der Waals surface area contributed by atoms with E-state index in [-0.39, 0.29) is 10.9 Å². The van der Waals surface area contributed by atoms with Crippen molar-refractivity contribution in [1.82, 2.24) is 9.71 Å². The van der Waals surface area contributed by atoms with Crippen LogP contribution in [0.3, 0.4) is 0 Å². The van der Waals surface area contributed by atoms with Crippen LogP contribution in [0.15, 0.2) is 29.4 Å². The van der Waals surface area contributed by atoms with E-state index in [2.05, 4.69) is 9.71 Å². The molecular formula is C13H18F3N3O4S. The van der Waals surface area contributed by atoms with Crippen molar-refractivity contribution in [2.45, 2.75) is 36.4 Å². The van der Waals surface area contributed by atoms with Gasteiger partial charge in [0.1, 0.15) is 4.90 Å². The highest BCUT2D eigenvalue weighted by molar-refractivity contribution is 7.89. The number of hydrogen-bond acceptors (Lipinski definition) is 5. The zero-order valence-electron chi connectivity index (χ0n) is 12.5. The van der Waals surface area contributed by atoms with E-state index in [1.807, 2.05) is 0 Å². The Kier molecular flexibility index (Phi) is 7.11. The molecule has 0 amide bonds. The third-order valence-electron chi connectivity index (χ3n) is 3.33. The number of alkyl halides is 3. The van der Waals surface area contributed by atoms with Crippen LogP contribution in [-0.2, 0) is 14.8 Å². The predicted molar refractivity (Wildman–Crippen MR) is 78.4 cm³/mol. The normalized spacial score (nSPS) is 21.0. The highest BCUT2D eigenvalue weighted by atomic mass is 32.2. The van der Waals surface area contributed by atoms with Crippen molar-refractivity contribution in [1.29, 1.82) is 0 Å². The second-order valence-electron chi connectivity index (χ2n) is 5.28. The molecule has 1 heterocycles. The molecule has 2 rings (SSSR count). The quantitative estimate of drug-likeness (QED) is 0.731. The fourth-order valence-corrected chi connectivity index (χ4v) is 3.20. The first kappa shape index (κ1) is 20.3. The second-order valence-corrected chi connectivity index (χ2v) is 7.05. The van der Waals surface area contributed by atoms with Gasteiger partial charge in [-0.1, -0.05) is 0 Å². The number of aliphatic carboxylic acids is 1. The standard InChI is InChI=1S/C11H17N3O2S.C2HF3O2/c12-10-4-3-9(6-10)7-14-17(15,16)11-2-1-5-13-8-11;3-2(4,5)1(6)7/h1-2,5,8-10,14H,3-4,6-7,12H2;(H,6,7). The molecule has 0 radical (unpaired) electrons. The molecule has 4 N–H and O–H groups in total. The monoisotopic (exact) mass is 369 g/mol. The Hall–Kier alpha value is -1.72. The van der Waals surface area contributed by atoms with Crippen molar-refractivity contribution < 1.29 is 31.5 Å². The number of nitrogens with two attached hydrogens (primary N) is 1. The molecule has 0 aliphatic heterocycles. The molecule has 0 spiro atoms. The lowest BCUT2D eigenvalue weighted by Gasteiger charge is -2.11. The molecule has 0 bridgehead atoms. The molecule has 1 aromatic rings. The molecule has 0 saturated heterocycles. The Bertz CT molecular complexity index is 638. The van der Waals surface area contributed by atoms with Crippen molar-refractivity contribution >= 4 is 16.0 Å². The van der Waals surface area contributed by atoms with Gasteiger partial charge in [0.15, 0.2) is 0 Å². The molecule has 11 heteroatoms. The number of carboxylic acids is 1. The van der Waals surface area contributed by atoms with Crippen LogP contribution >= 0.6 is 0 Å². The first-order valence-electron chi connectivity index (χ1n) is 6.97. The number of rotatable bonds is 4. The number of carbonyl (C=O) groups is 1. The van der Waals surface area contributed by atoms with Crippen LogP contribution in [0.5, 0.6) is 0 Å². The van der Waals surface area contributed by atoms with Gasteiger partial charge in [-0.25, -0.2) is 17.9 Å². The Morgan fingerprint density at radius 1 is 1.42 bits per heavy atom. The summed E-state index contributed by atoms with van der Waals surface area (Å²) in [6.45, 7) is 0.463. The van der Waals surface area contributed by atoms with E-state index >= 15 is 0 Å². The fraction of sp³-hybridized carbons (Fsp3) is 0.538. The lowest BCUT2D eigenvalue weighted by Crippen LogP contribution is -2.29. The minimum atomic E-state index is -5.08. The van der Waals surface area contributed by atoms with E-state index in [9.17, 15) is 21.6 Å². The predicted octanol–water partition coefficient (Wildman–Crippen LogP) is 1.12. The summed E-state index contributed by atoms with van der Waals surface area (Å²) in [5.41, 5.74) is 5.79. The zero-order valence-corrected chi connectivity index (χ0v) is 13.3. The first-order chi connectivity index (χ1) is 11.0. The van der Waals surface area contributed by atoms with Crippen molar-refractivity contribution in [2.24, 2.45) is 11.7 Å². The average molecular weight is 369 g/mol. The SMILES string of the molecule is NC1CCC(CNS(=O)(=O)c2cccnc2)C1.O=C(O)C(F)(F)F. The van der Waals surface area contributed by atoms with Crippen LogP contribution in [0.25, 0.3) is 0 Å². The van der Waals surface area contributed by atoms with Crippen molar-refractivity contribution in [2.75, 3.05) is 6.54 Å². The number of pyridine rings is 1. The van der Waals surface area contributed by atoms with E-state index in [0.29, 0.717) is 12.5 Å². The molecule has 2 atom stereocenters. The van der Waals surface area contributed by atoms with Crippen LogP contribution < -0.4 is 10.5 Å². The van der Waals surface area contributed by atoms with Gasteiger partial charge in [-0.15, -0.1) is 0 Å². The molecule has 2 unspecified atom stereocenters. The van der Waals surface area contributed by atoms with Gasteiger partial charge < -0.3 is 10.8 Å². The molecule has 0 aromatic carbocycles. The topological polar surface area (TPSA) is 122 Å². The number of aromatic nitrogens is 1. The summed E-state index contributed by atoms with van der Waals surface area (Å²) in [7, 11) is -3.42. The Balaban J connectivity index is 0.000000351. The molecule has 1 fully saturated rings. The van der Waals surface area contributed by atoms with E-state index < -0.39 is 22.2 Å². The van der Waals surface area contributed by atoms with Gasteiger partial charge in [0, 0.05) is 25.0 Å². The third-order valence-corrected chi connectivity index (χ3v) is 4.74. The summed E-state index contributed by atoms with van der Waals surface area (Å²) >= 11 is 0. The maximum Gasteiger partial charge on any atom is 0.490 e. The van der Waals surface area contributed by atoms with Crippen LogP contribution in [0, 0.1) is 5.92 Å². The maximum absolute atomic E-state index is 11.9. The highest BCUT2D eigenvalue weighted by Crippen LogP contribution is 2.23. The van der Waals surface area contributed by atoms with E-state index in [1.165, 1.54) is 12.3 Å². The van der Waals surface area contributed by atoms with Gasteiger partial charge in [0.05, 0.1) is 0 Å². The first-order valence-corrected chi connectivity index (χ1v) is 8.46. The van der Waals surface area contributed by atoms with E-state index in [4.69, 9.17) is 15.6 Å². The zero-order chi connectivity index (χ0) is 18.4. The average Bonchev–Trinajstić information content (AvgIpc) is 2.92. The van der Waals surface area contributed by atoms with Crippen LogP contribution in [0.4, 0.5) is 13.2 Å². The highest BCUT2D eigenvalue weighted by Gasteiger charge is 2.38. The molecule has 24 heavy (non-hydrogen) atoms. The van der Waals surface area contributed by atoms with Crippen LogP contribution in [0.2, 0.25) is 0 Å². The fourth-order valence-electron chi connectivity index (χ4n) is 2.12. The number of nitrogens with zero attached hydrogens (tertiary/aromatic N) is 1. The molecule has 7 nitrogen and oxygen atoms in total. The van der Waals surface area contributed by atoms with Gasteiger partial charge in [-0.05, 0) is 37.3 Å². The third kappa shape index (κ3) is 6.81. The lowest BCUT2D eigenvalue weighted by atomic mass is 10.1. The van der Waals surface area contributed by atoms with Crippen LogP contribution in [0.1, 0.15) is 19.3 Å². The van der Waals surface area contributed by atoms with Gasteiger partial charge in [-0.2, -0.15) is 13.2 Å².